The van der Waals surface area contributed by atoms with Crippen LogP contribution in [0.25, 0.3) is 0 Å². The lowest BCUT2D eigenvalue weighted by atomic mass is 9.84. The Bertz CT molecular complexity index is 760. The lowest BCUT2D eigenvalue weighted by Crippen LogP contribution is -2.53. The molecule has 1 saturated heterocycles. The van der Waals surface area contributed by atoms with Crippen molar-refractivity contribution in [2.75, 3.05) is 45.6 Å². The minimum Gasteiger partial charge on any atom is -0.339 e. The summed E-state index contributed by atoms with van der Waals surface area (Å²) >= 11 is 0. The fourth-order valence-corrected chi connectivity index (χ4v) is 4.51. The average Bonchev–Trinajstić information content (AvgIpc) is 2.79. The molecule has 0 aromatic heterocycles. The second kappa shape index (κ2) is 11.0. The summed E-state index contributed by atoms with van der Waals surface area (Å²) in [7, 11) is 3.79. The van der Waals surface area contributed by atoms with Crippen molar-refractivity contribution in [3.8, 4) is 0 Å². The summed E-state index contributed by atoms with van der Waals surface area (Å²) in [5, 5.41) is 5.71. The van der Waals surface area contributed by atoms with Gasteiger partial charge in [0.2, 0.25) is 11.8 Å². The van der Waals surface area contributed by atoms with Gasteiger partial charge in [-0.25, -0.2) is 4.39 Å². The van der Waals surface area contributed by atoms with Crippen molar-refractivity contribution in [1.82, 2.24) is 15.1 Å². The molecule has 31 heavy (non-hydrogen) atoms. The summed E-state index contributed by atoms with van der Waals surface area (Å²) in [6.07, 6.45) is 5.65. The molecule has 0 unspecified atom stereocenters. The molecule has 7 nitrogen and oxygen atoms in total. The summed E-state index contributed by atoms with van der Waals surface area (Å²) in [4.78, 5) is 29.4. The molecule has 1 aliphatic heterocycles. The smallest absolute Gasteiger partial charge is 0.241 e. The molecule has 2 aliphatic rings. The minimum atomic E-state index is -0.616. The number of rotatable bonds is 7. The van der Waals surface area contributed by atoms with Crippen LogP contribution in [0.2, 0.25) is 0 Å². The fraction of sp³-hybridized carbons (Fsp3) is 0.652. The van der Waals surface area contributed by atoms with Gasteiger partial charge in [-0.15, -0.1) is 0 Å². The standard InChI is InChI=1S/C23H36FN5O2/c1-26-20(23(31)29-12-10-28(2)11-13-29)15-16-8-9-19(18(24)14-16)27-22(30)21(25)17-6-4-3-5-7-17/h8-9,14,17,20-21,26H,3-7,10-13,15,25H2,1-2H3,(H,27,30)/t20-,21+/m1/s1. The van der Waals surface area contributed by atoms with E-state index in [1.54, 1.807) is 19.2 Å². The third kappa shape index (κ3) is 6.24. The molecule has 1 aliphatic carbocycles. The topological polar surface area (TPSA) is 90.7 Å². The van der Waals surface area contributed by atoms with Gasteiger partial charge in [-0.1, -0.05) is 25.3 Å². The Hall–Kier alpha value is -2.03. The van der Waals surface area contributed by atoms with E-state index in [1.807, 2.05) is 11.9 Å². The SMILES string of the molecule is CN[C@H](Cc1ccc(NC(=O)[C@@H](N)C2CCCCC2)c(F)c1)C(=O)N1CCN(C)CC1. The van der Waals surface area contributed by atoms with E-state index < -0.39 is 17.9 Å². The maximum Gasteiger partial charge on any atom is 0.241 e. The highest BCUT2D eigenvalue weighted by Gasteiger charge is 2.28. The number of piperazine rings is 1. The predicted molar refractivity (Wildman–Crippen MR) is 120 cm³/mol. The molecule has 2 amide bonds. The first-order valence-electron chi connectivity index (χ1n) is 11.4. The summed E-state index contributed by atoms with van der Waals surface area (Å²) in [6, 6.07) is 3.68. The first-order valence-corrected chi connectivity index (χ1v) is 11.4. The largest absolute Gasteiger partial charge is 0.339 e. The number of carbonyl (C=O) groups excluding carboxylic acids is 2. The summed E-state index contributed by atoms with van der Waals surface area (Å²) in [5.41, 5.74) is 6.96. The molecule has 3 rings (SSSR count). The zero-order valence-corrected chi connectivity index (χ0v) is 18.7. The molecule has 2 atom stereocenters. The highest BCUT2D eigenvalue weighted by molar-refractivity contribution is 5.95. The normalized spacial score (nSPS) is 20.3. The van der Waals surface area contributed by atoms with E-state index >= 15 is 0 Å². The Morgan fingerprint density at radius 2 is 1.84 bits per heavy atom. The molecule has 4 N–H and O–H groups in total. The number of nitrogens with one attached hydrogen (secondary N) is 2. The minimum absolute atomic E-state index is 0.0341. The molecule has 1 heterocycles. The van der Waals surface area contributed by atoms with Crippen molar-refractivity contribution < 1.29 is 14.0 Å². The van der Waals surface area contributed by atoms with Gasteiger partial charge in [0.15, 0.2) is 0 Å². The zero-order valence-electron chi connectivity index (χ0n) is 18.7. The van der Waals surface area contributed by atoms with Crippen LogP contribution in [0, 0.1) is 11.7 Å². The highest BCUT2D eigenvalue weighted by Crippen LogP contribution is 2.26. The molecule has 1 aromatic carbocycles. The quantitative estimate of drug-likeness (QED) is 0.607. The number of anilines is 1. The molecule has 0 spiro atoms. The molecule has 0 radical (unpaired) electrons. The Labute approximate surface area is 184 Å². The number of nitrogens with zero attached hydrogens (tertiary/aromatic N) is 2. The third-order valence-corrected chi connectivity index (χ3v) is 6.65. The van der Waals surface area contributed by atoms with Crippen LogP contribution in [0.5, 0.6) is 0 Å². The van der Waals surface area contributed by atoms with Gasteiger partial charge in [0.05, 0.1) is 17.8 Å². The third-order valence-electron chi connectivity index (χ3n) is 6.65. The van der Waals surface area contributed by atoms with Crippen molar-refractivity contribution >= 4 is 17.5 Å². The van der Waals surface area contributed by atoms with E-state index in [0.717, 1.165) is 38.8 Å². The number of benzene rings is 1. The van der Waals surface area contributed by atoms with Crippen LogP contribution >= 0.6 is 0 Å². The second-order valence-corrected chi connectivity index (χ2v) is 8.90. The summed E-state index contributed by atoms with van der Waals surface area (Å²) < 4.78 is 14.7. The number of carbonyl (C=O) groups is 2. The van der Waals surface area contributed by atoms with E-state index in [0.29, 0.717) is 25.1 Å². The van der Waals surface area contributed by atoms with Crippen molar-refractivity contribution in [2.24, 2.45) is 11.7 Å². The second-order valence-electron chi connectivity index (χ2n) is 8.90. The Morgan fingerprint density at radius 1 is 1.16 bits per heavy atom. The van der Waals surface area contributed by atoms with Crippen LogP contribution in [0.3, 0.4) is 0 Å². The van der Waals surface area contributed by atoms with Crippen molar-refractivity contribution in [2.45, 2.75) is 50.6 Å². The number of amides is 2. The predicted octanol–water partition coefficient (Wildman–Crippen LogP) is 1.58. The van der Waals surface area contributed by atoms with Crippen molar-refractivity contribution in [3.05, 3.63) is 29.6 Å². The lowest BCUT2D eigenvalue weighted by Gasteiger charge is -2.34. The van der Waals surface area contributed by atoms with Gasteiger partial charge in [-0.3, -0.25) is 9.59 Å². The fourth-order valence-electron chi connectivity index (χ4n) is 4.51. The maximum atomic E-state index is 14.7. The summed E-state index contributed by atoms with van der Waals surface area (Å²) in [5.74, 6) is -0.652. The number of hydrogen-bond acceptors (Lipinski definition) is 5. The molecule has 1 saturated carbocycles. The van der Waals surface area contributed by atoms with Crippen LogP contribution < -0.4 is 16.4 Å². The molecular weight excluding hydrogens is 397 g/mol. The van der Waals surface area contributed by atoms with Crippen LogP contribution in [-0.4, -0.2) is 74.0 Å². The Morgan fingerprint density at radius 3 is 2.45 bits per heavy atom. The van der Waals surface area contributed by atoms with Gasteiger partial charge >= 0.3 is 0 Å². The molecule has 0 bridgehead atoms. The van der Waals surface area contributed by atoms with Gasteiger partial charge < -0.3 is 26.2 Å². The zero-order chi connectivity index (χ0) is 22.4. The van der Waals surface area contributed by atoms with E-state index in [9.17, 15) is 14.0 Å². The first kappa shape index (κ1) is 23.6. The number of halogens is 1. The summed E-state index contributed by atoms with van der Waals surface area (Å²) in [6.45, 7) is 3.12. The van der Waals surface area contributed by atoms with Crippen LogP contribution in [0.15, 0.2) is 18.2 Å². The van der Waals surface area contributed by atoms with Crippen LogP contribution in [0.1, 0.15) is 37.7 Å². The van der Waals surface area contributed by atoms with E-state index in [-0.39, 0.29) is 23.4 Å². The lowest BCUT2D eigenvalue weighted by molar-refractivity contribution is -0.134. The van der Waals surface area contributed by atoms with Gasteiger partial charge in [0.1, 0.15) is 5.82 Å². The van der Waals surface area contributed by atoms with Crippen molar-refractivity contribution in [1.29, 1.82) is 0 Å². The Kier molecular flexibility index (Phi) is 8.40. The Balaban J connectivity index is 1.58. The van der Waals surface area contributed by atoms with Gasteiger partial charge in [-0.05, 0) is 57.0 Å². The first-order chi connectivity index (χ1) is 14.9. The highest BCUT2D eigenvalue weighted by atomic mass is 19.1. The number of hydrogen-bond donors (Lipinski definition) is 3. The van der Waals surface area contributed by atoms with E-state index in [2.05, 4.69) is 15.5 Å². The van der Waals surface area contributed by atoms with E-state index in [1.165, 1.54) is 12.5 Å². The molecular formula is C23H36FN5O2. The van der Waals surface area contributed by atoms with Gasteiger partial charge in [0.25, 0.3) is 0 Å². The van der Waals surface area contributed by atoms with Crippen LogP contribution in [-0.2, 0) is 16.0 Å². The average molecular weight is 434 g/mol. The van der Waals surface area contributed by atoms with E-state index in [4.69, 9.17) is 5.73 Å². The van der Waals surface area contributed by atoms with Crippen LogP contribution in [0.4, 0.5) is 10.1 Å². The molecule has 1 aromatic rings. The van der Waals surface area contributed by atoms with Gasteiger partial charge in [-0.2, -0.15) is 0 Å². The maximum absolute atomic E-state index is 14.7. The van der Waals surface area contributed by atoms with Crippen molar-refractivity contribution in [3.63, 3.8) is 0 Å². The molecule has 2 fully saturated rings. The number of nitrogens with two attached hydrogens (primary N) is 1. The monoisotopic (exact) mass is 433 g/mol. The molecule has 8 heteroatoms. The van der Waals surface area contributed by atoms with Gasteiger partial charge in [0, 0.05) is 26.2 Å². The molecule has 172 valence electrons. The number of likely N-dealkylation sites (N-methyl/N-ethyl adjacent to an activating group) is 2.